The van der Waals surface area contributed by atoms with Gasteiger partial charge in [0.25, 0.3) is 0 Å². The lowest BCUT2D eigenvalue weighted by Gasteiger charge is -2.51. The SMILES string of the molecule is COc1cc2c(cc1OC)C1(c3cccc(C)c3)CC(=O)CCN1CC2. The van der Waals surface area contributed by atoms with Crippen LogP contribution in [0, 0.1) is 6.92 Å². The number of benzene rings is 2. The molecule has 4 rings (SSSR count). The van der Waals surface area contributed by atoms with Crippen molar-refractivity contribution in [1.29, 1.82) is 0 Å². The minimum absolute atomic E-state index is 0.324. The van der Waals surface area contributed by atoms with Crippen molar-refractivity contribution < 1.29 is 14.3 Å². The first kappa shape index (κ1) is 17.1. The van der Waals surface area contributed by atoms with E-state index in [1.165, 1.54) is 22.3 Å². The van der Waals surface area contributed by atoms with Crippen LogP contribution in [0.1, 0.15) is 35.1 Å². The molecule has 2 aromatic carbocycles. The second kappa shape index (κ2) is 6.44. The van der Waals surface area contributed by atoms with Gasteiger partial charge in [0.1, 0.15) is 5.78 Å². The van der Waals surface area contributed by atoms with Gasteiger partial charge in [-0.1, -0.05) is 29.8 Å². The van der Waals surface area contributed by atoms with Gasteiger partial charge in [0.15, 0.2) is 11.5 Å². The molecule has 1 fully saturated rings. The van der Waals surface area contributed by atoms with E-state index in [1.807, 2.05) is 0 Å². The zero-order valence-corrected chi connectivity index (χ0v) is 15.7. The van der Waals surface area contributed by atoms with E-state index in [1.54, 1.807) is 14.2 Å². The Morgan fingerprint density at radius 2 is 1.73 bits per heavy atom. The maximum Gasteiger partial charge on any atom is 0.161 e. The summed E-state index contributed by atoms with van der Waals surface area (Å²) in [5, 5.41) is 0. The lowest BCUT2D eigenvalue weighted by atomic mass is 9.70. The van der Waals surface area contributed by atoms with Crippen molar-refractivity contribution in [1.82, 2.24) is 4.90 Å². The van der Waals surface area contributed by atoms with E-state index < -0.39 is 5.54 Å². The van der Waals surface area contributed by atoms with Crippen molar-refractivity contribution in [2.45, 2.75) is 31.7 Å². The number of fused-ring (bicyclic) bond motifs is 3. The fraction of sp³-hybridized carbons (Fsp3) is 0.409. The van der Waals surface area contributed by atoms with Crippen molar-refractivity contribution in [3.05, 3.63) is 58.7 Å². The van der Waals surface area contributed by atoms with Crippen LogP contribution in [0.15, 0.2) is 36.4 Å². The zero-order chi connectivity index (χ0) is 18.3. The number of piperidine rings is 1. The first-order chi connectivity index (χ1) is 12.6. The Kier molecular flexibility index (Phi) is 4.23. The minimum atomic E-state index is -0.408. The van der Waals surface area contributed by atoms with Crippen molar-refractivity contribution in [3.63, 3.8) is 0 Å². The molecule has 0 aromatic heterocycles. The number of ether oxygens (including phenoxy) is 2. The van der Waals surface area contributed by atoms with Crippen molar-refractivity contribution in [3.8, 4) is 11.5 Å². The molecule has 4 nitrogen and oxygen atoms in total. The quantitative estimate of drug-likeness (QED) is 0.849. The van der Waals surface area contributed by atoms with Gasteiger partial charge in [-0.25, -0.2) is 0 Å². The van der Waals surface area contributed by atoms with E-state index in [2.05, 4.69) is 48.2 Å². The van der Waals surface area contributed by atoms with Gasteiger partial charge in [0, 0.05) is 25.9 Å². The molecule has 26 heavy (non-hydrogen) atoms. The molecule has 0 amide bonds. The summed E-state index contributed by atoms with van der Waals surface area (Å²) >= 11 is 0. The van der Waals surface area contributed by atoms with Gasteiger partial charge >= 0.3 is 0 Å². The molecule has 0 spiro atoms. The molecule has 0 saturated carbocycles. The zero-order valence-electron chi connectivity index (χ0n) is 15.7. The van der Waals surface area contributed by atoms with Crippen LogP contribution >= 0.6 is 0 Å². The molecule has 2 aliphatic heterocycles. The van der Waals surface area contributed by atoms with Gasteiger partial charge in [0.05, 0.1) is 19.8 Å². The van der Waals surface area contributed by atoms with E-state index in [0.717, 1.165) is 31.0 Å². The van der Waals surface area contributed by atoms with Crippen LogP contribution < -0.4 is 9.47 Å². The number of nitrogens with zero attached hydrogens (tertiary/aromatic N) is 1. The average Bonchev–Trinajstić information content (AvgIpc) is 2.66. The van der Waals surface area contributed by atoms with E-state index >= 15 is 0 Å². The molecule has 0 aliphatic carbocycles. The monoisotopic (exact) mass is 351 g/mol. The van der Waals surface area contributed by atoms with Crippen LogP contribution in [-0.2, 0) is 16.8 Å². The molecule has 136 valence electrons. The third-order valence-electron chi connectivity index (χ3n) is 5.86. The van der Waals surface area contributed by atoms with Crippen molar-refractivity contribution in [2.24, 2.45) is 0 Å². The van der Waals surface area contributed by atoms with Crippen LogP contribution in [0.25, 0.3) is 0 Å². The lowest BCUT2D eigenvalue weighted by Crippen LogP contribution is -2.56. The predicted molar refractivity (Wildman–Crippen MR) is 101 cm³/mol. The number of Topliss-reactive ketones (excluding diaryl/α,β-unsaturated/α-hetero) is 1. The number of carbonyl (C=O) groups excluding carboxylic acids is 1. The van der Waals surface area contributed by atoms with Crippen LogP contribution in [0.4, 0.5) is 0 Å². The standard InChI is InChI=1S/C22H25NO3/c1-15-5-4-6-17(11-15)22-14-18(24)8-10-23(22)9-7-16-12-20(25-2)21(26-3)13-19(16)22/h4-6,11-13H,7-10,14H2,1-3H3. The van der Waals surface area contributed by atoms with Crippen LogP contribution in [0.2, 0.25) is 0 Å². The molecular weight excluding hydrogens is 326 g/mol. The Hall–Kier alpha value is -2.33. The highest BCUT2D eigenvalue weighted by molar-refractivity contribution is 5.82. The number of hydrogen-bond donors (Lipinski definition) is 0. The first-order valence-corrected chi connectivity index (χ1v) is 9.18. The van der Waals surface area contributed by atoms with Crippen molar-refractivity contribution in [2.75, 3.05) is 27.3 Å². The molecule has 0 N–H and O–H groups in total. The third-order valence-corrected chi connectivity index (χ3v) is 5.86. The van der Waals surface area contributed by atoms with Gasteiger partial charge in [-0.2, -0.15) is 0 Å². The highest BCUT2D eigenvalue weighted by Crippen LogP contribution is 2.49. The molecule has 2 aromatic rings. The molecule has 0 bridgehead atoms. The molecular formula is C22H25NO3. The Bertz CT molecular complexity index is 860. The summed E-state index contributed by atoms with van der Waals surface area (Å²) < 4.78 is 11.1. The molecule has 1 saturated heterocycles. The minimum Gasteiger partial charge on any atom is -0.493 e. The van der Waals surface area contributed by atoms with Crippen molar-refractivity contribution >= 4 is 5.78 Å². The fourth-order valence-corrected chi connectivity index (χ4v) is 4.62. The summed E-state index contributed by atoms with van der Waals surface area (Å²) in [6.07, 6.45) is 2.10. The second-order valence-corrected chi connectivity index (χ2v) is 7.30. The van der Waals surface area contributed by atoms with Crippen LogP contribution in [-0.4, -0.2) is 38.0 Å². The van der Waals surface area contributed by atoms with E-state index in [4.69, 9.17) is 9.47 Å². The average molecular weight is 351 g/mol. The number of aryl methyl sites for hydroxylation is 1. The van der Waals surface area contributed by atoms with E-state index in [0.29, 0.717) is 18.6 Å². The van der Waals surface area contributed by atoms with Gasteiger partial charge in [-0.05, 0) is 42.2 Å². The summed E-state index contributed by atoms with van der Waals surface area (Å²) in [5.74, 6) is 1.80. The number of ketones is 1. The Balaban J connectivity index is 1.99. The van der Waals surface area contributed by atoms with E-state index in [-0.39, 0.29) is 0 Å². The number of methoxy groups -OCH3 is 2. The maximum absolute atomic E-state index is 12.6. The third kappa shape index (κ3) is 2.52. The van der Waals surface area contributed by atoms with Gasteiger partial charge in [-0.15, -0.1) is 0 Å². The summed E-state index contributed by atoms with van der Waals surface area (Å²) in [6.45, 7) is 3.86. The number of carbonyl (C=O) groups is 1. The Morgan fingerprint density at radius 3 is 2.46 bits per heavy atom. The smallest absolute Gasteiger partial charge is 0.161 e. The molecule has 1 unspecified atom stereocenters. The highest BCUT2D eigenvalue weighted by Gasteiger charge is 2.48. The van der Waals surface area contributed by atoms with Crippen LogP contribution in [0.5, 0.6) is 11.5 Å². The van der Waals surface area contributed by atoms with Gasteiger partial charge in [-0.3, -0.25) is 9.69 Å². The molecule has 1 atom stereocenters. The Labute approximate surface area is 154 Å². The number of rotatable bonds is 3. The fourth-order valence-electron chi connectivity index (χ4n) is 4.62. The number of hydrogen-bond acceptors (Lipinski definition) is 4. The summed E-state index contributed by atoms with van der Waals surface area (Å²) in [4.78, 5) is 15.1. The molecule has 2 heterocycles. The summed E-state index contributed by atoms with van der Waals surface area (Å²) in [5.41, 5.74) is 4.42. The largest absolute Gasteiger partial charge is 0.493 e. The topological polar surface area (TPSA) is 38.8 Å². The molecule has 0 radical (unpaired) electrons. The molecule has 4 heteroatoms. The van der Waals surface area contributed by atoms with E-state index in [9.17, 15) is 4.79 Å². The first-order valence-electron chi connectivity index (χ1n) is 9.18. The lowest BCUT2D eigenvalue weighted by molar-refractivity contribution is -0.126. The Morgan fingerprint density at radius 1 is 1.00 bits per heavy atom. The summed E-state index contributed by atoms with van der Waals surface area (Å²) in [6, 6.07) is 12.7. The van der Waals surface area contributed by atoms with Gasteiger partial charge in [0.2, 0.25) is 0 Å². The highest BCUT2D eigenvalue weighted by atomic mass is 16.5. The summed E-state index contributed by atoms with van der Waals surface area (Å²) in [7, 11) is 3.33. The van der Waals surface area contributed by atoms with Gasteiger partial charge < -0.3 is 9.47 Å². The normalized spacial score (nSPS) is 22.5. The second-order valence-electron chi connectivity index (χ2n) is 7.30. The maximum atomic E-state index is 12.6. The van der Waals surface area contributed by atoms with Crippen LogP contribution in [0.3, 0.4) is 0 Å². The predicted octanol–water partition coefficient (Wildman–Crippen LogP) is 3.48. The molecule has 2 aliphatic rings.